The number of carbonyl (C=O) groups excluding carboxylic acids is 14. The van der Waals surface area contributed by atoms with Crippen LogP contribution in [0.25, 0.3) is 0 Å². The maximum absolute atomic E-state index is 13.1. The van der Waals surface area contributed by atoms with Gasteiger partial charge >= 0.3 is 5.97 Å². The summed E-state index contributed by atoms with van der Waals surface area (Å²) in [6, 6.07) is -1.33. The van der Waals surface area contributed by atoms with Crippen molar-refractivity contribution in [3.63, 3.8) is 0 Å². The number of aliphatic carboxylic acids is 1. The van der Waals surface area contributed by atoms with Crippen LogP contribution in [0.3, 0.4) is 0 Å². The lowest BCUT2D eigenvalue weighted by Gasteiger charge is -2.28. The van der Waals surface area contributed by atoms with Gasteiger partial charge in [-0.2, -0.15) is 0 Å². The van der Waals surface area contributed by atoms with Crippen molar-refractivity contribution in [2.75, 3.05) is 163 Å². The van der Waals surface area contributed by atoms with Gasteiger partial charge in [0.25, 0.3) is 5.91 Å². The van der Waals surface area contributed by atoms with E-state index in [-0.39, 0.29) is 25.9 Å². The molecule has 0 unspecified atom stereocenters. The van der Waals surface area contributed by atoms with Gasteiger partial charge in [-0.15, -0.1) is 0 Å². The van der Waals surface area contributed by atoms with E-state index in [1.54, 1.807) is 0 Å². The average Bonchev–Trinajstić information content (AvgIpc) is 3.64. The van der Waals surface area contributed by atoms with Crippen molar-refractivity contribution in [2.45, 2.75) is 43.4 Å². The van der Waals surface area contributed by atoms with Gasteiger partial charge in [0.1, 0.15) is 18.2 Å². The van der Waals surface area contributed by atoms with Crippen LogP contribution in [0.2, 0.25) is 0 Å². The van der Waals surface area contributed by atoms with E-state index in [0.29, 0.717) is 0 Å². The molecule has 0 radical (unpaired) electrons. The second-order valence-electron chi connectivity index (χ2n) is 19.4. The fraction of sp³-hybridized carbons (Fsp3) is 0.674. The van der Waals surface area contributed by atoms with Crippen LogP contribution in [-0.4, -0.2) is 356 Å². The molecule has 0 bridgehead atoms. The van der Waals surface area contributed by atoms with Crippen molar-refractivity contribution in [2.24, 2.45) is 11.5 Å². The Morgan fingerprint density at radius 3 is 0.850 bits per heavy atom. The number of nitrogens with one attached hydrogen (secondary N) is 1. The van der Waals surface area contributed by atoms with E-state index in [1.807, 2.05) is 0 Å². The molecule has 80 heavy (non-hydrogen) atoms. The molecule has 0 spiro atoms. The molecule has 1 fully saturated rings. The third kappa shape index (κ3) is 22.7. The molecule has 8 N–H and O–H groups in total. The lowest BCUT2D eigenvalue weighted by molar-refractivity contribution is -0.151. The van der Waals surface area contributed by atoms with Gasteiger partial charge in [-0.05, 0) is 6.42 Å². The molecule has 1 aliphatic rings. The second kappa shape index (κ2) is 32.1. The standard InChI is InChI=1S/C46H77N15O19/c1-50(15-28(48)62)30(64)16-51(2)31(65)17-52(3)32(66)18-53(4)33(67)19-54(5)34(68)20-55(6)35(69)21-56(7)36(70)22-57(8)37(71)23-58(9)38(72)24-59(10)39(73)25-60(11)40(74)26-61(12)45(77)43-41(75)42(76)44(80-43)49-29(63)14-13-27(47)46(78)79/h27,41-44,75-76H,13-26,47H2,1-12H3,(H2,48,62)(H,49,63)(H,78,79)/t27-,41-,42+,43-,44+/m0/s1. The Morgan fingerprint density at radius 1 is 0.400 bits per heavy atom. The van der Waals surface area contributed by atoms with E-state index >= 15 is 0 Å². The van der Waals surface area contributed by atoms with Crippen molar-refractivity contribution in [1.29, 1.82) is 0 Å². The summed E-state index contributed by atoms with van der Waals surface area (Å²) in [5.41, 5.74) is 10.5. The number of carboxylic acid groups (broad SMARTS) is 1. The molecule has 0 aromatic heterocycles. The first-order valence-electron chi connectivity index (χ1n) is 24.4. The number of primary amides is 1. The largest absolute Gasteiger partial charge is 0.480 e. The average molecular weight is 1140 g/mol. The Morgan fingerprint density at radius 2 is 0.625 bits per heavy atom. The highest BCUT2D eigenvalue weighted by atomic mass is 16.6. The summed E-state index contributed by atoms with van der Waals surface area (Å²) in [6.07, 6.45) is -7.50. The van der Waals surface area contributed by atoms with Crippen LogP contribution in [0, 0.1) is 0 Å². The minimum absolute atomic E-state index is 0.248. The minimum atomic E-state index is -1.83. The number of aliphatic hydroxyl groups excluding tert-OH is 2. The molecule has 1 aliphatic heterocycles. The number of carbonyl (C=O) groups is 15. The van der Waals surface area contributed by atoms with Crippen molar-refractivity contribution in [3.8, 4) is 0 Å². The first-order valence-corrected chi connectivity index (χ1v) is 24.4. The molecule has 0 aromatic rings. The molecule has 0 aromatic carbocycles. The van der Waals surface area contributed by atoms with Crippen LogP contribution >= 0.6 is 0 Å². The van der Waals surface area contributed by atoms with Crippen molar-refractivity contribution < 1.29 is 92.0 Å². The third-order valence-electron chi connectivity index (χ3n) is 12.4. The Labute approximate surface area is 461 Å². The Balaban J connectivity index is 2.59. The second-order valence-corrected chi connectivity index (χ2v) is 19.4. The van der Waals surface area contributed by atoms with Gasteiger partial charge in [0.15, 0.2) is 12.3 Å². The fourth-order valence-electron chi connectivity index (χ4n) is 6.70. The Kier molecular flexibility index (Phi) is 28.0. The Bertz CT molecular complexity index is 2340. The lowest BCUT2D eigenvalue weighted by Crippen LogP contribution is -2.50. The monoisotopic (exact) mass is 1140 g/mol. The molecule has 14 amide bonds. The van der Waals surface area contributed by atoms with Crippen molar-refractivity contribution in [3.05, 3.63) is 0 Å². The van der Waals surface area contributed by atoms with Crippen LogP contribution in [-0.2, 0) is 76.7 Å². The highest BCUT2D eigenvalue weighted by Gasteiger charge is 2.48. The predicted molar refractivity (Wildman–Crippen MR) is 275 cm³/mol. The molecule has 450 valence electrons. The van der Waals surface area contributed by atoms with Crippen LogP contribution in [0.4, 0.5) is 0 Å². The van der Waals surface area contributed by atoms with Gasteiger partial charge in [-0.25, -0.2) is 0 Å². The van der Waals surface area contributed by atoms with Crippen LogP contribution < -0.4 is 16.8 Å². The number of ether oxygens (including phenoxy) is 1. The van der Waals surface area contributed by atoms with E-state index in [4.69, 9.17) is 21.3 Å². The lowest BCUT2D eigenvalue weighted by atomic mass is 10.1. The van der Waals surface area contributed by atoms with Gasteiger partial charge in [-0.3, -0.25) is 71.9 Å². The number of nitrogens with two attached hydrogens (primary N) is 2. The number of carboxylic acids is 1. The first-order chi connectivity index (χ1) is 36.9. The zero-order valence-electron chi connectivity index (χ0n) is 47.2. The molecule has 1 rings (SSSR count). The molecular weight excluding hydrogens is 1070 g/mol. The number of rotatable bonds is 30. The van der Waals surface area contributed by atoms with Gasteiger partial charge in [0.05, 0.1) is 78.5 Å². The summed E-state index contributed by atoms with van der Waals surface area (Å²) in [7, 11) is 15.3. The van der Waals surface area contributed by atoms with Crippen LogP contribution in [0.15, 0.2) is 0 Å². The van der Waals surface area contributed by atoms with E-state index in [0.717, 1.165) is 58.8 Å². The Hall–Kier alpha value is -8.11. The van der Waals surface area contributed by atoms with E-state index < -0.39 is 185 Å². The van der Waals surface area contributed by atoms with Gasteiger partial charge < -0.3 is 95.6 Å². The highest BCUT2D eigenvalue weighted by Crippen LogP contribution is 2.22. The van der Waals surface area contributed by atoms with E-state index in [2.05, 4.69) is 5.32 Å². The zero-order valence-corrected chi connectivity index (χ0v) is 47.2. The summed E-state index contributed by atoms with van der Waals surface area (Å²) in [4.78, 5) is 201. The molecule has 0 saturated carbocycles. The molecular formula is C46H77N15O19. The molecule has 1 heterocycles. The van der Waals surface area contributed by atoms with Crippen LogP contribution in [0.5, 0.6) is 0 Å². The highest BCUT2D eigenvalue weighted by molar-refractivity contribution is 5.95. The number of hydrogen-bond donors (Lipinski definition) is 6. The minimum Gasteiger partial charge on any atom is -0.480 e. The van der Waals surface area contributed by atoms with Crippen molar-refractivity contribution in [1.82, 2.24) is 64.1 Å². The topological polar surface area (TPSA) is 429 Å². The van der Waals surface area contributed by atoms with Gasteiger partial charge in [0, 0.05) is 91.0 Å². The summed E-state index contributed by atoms with van der Waals surface area (Å²) in [6.45, 7) is -6.00. The summed E-state index contributed by atoms with van der Waals surface area (Å²) < 4.78 is 5.34. The zero-order chi connectivity index (χ0) is 61.8. The maximum Gasteiger partial charge on any atom is 0.320 e. The SMILES string of the molecule is CN(CC(N)=O)C(=O)CN(C)C(=O)CN(C)C(=O)CN(C)C(=O)CN(C)C(=O)CN(C)C(=O)CN(C)C(=O)CN(C)C(=O)CN(C)C(=O)CN(C)C(=O)CN(C)C(=O)CN(C)C(=O)[C@H]1O[C@@H](NC(=O)CC[C@H](N)C(=O)O)[C@H](O)[C@@H]1O. The van der Waals surface area contributed by atoms with Gasteiger partial charge in [-0.1, -0.05) is 0 Å². The van der Waals surface area contributed by atoms with E-state index in [9.17, 15) is 82.1 Å². The number of amides is 14. The molecule has 0 aliphatic carbocycles. The number of aliphatic hydroxyl groups is 2. The molecule has 5 atom stereocenters. The number of likely N-dealkylation sites (N-methyl/N-ethyl adjacent to an activating group) is 12. The summed E-state index contributed by atoms with van der Waals surface area (Å²) in [5.74, 6) is -11.2. The van der Waals surface area contributed by atoms with Crippen LogP contribution in [0.1, 0.15) is 12.8 Å². The predicted octanol–water partition coefficient (Wildman–Crippen LogP) is -10.3. The first kappa shape index (κ1) is 69.9. The van der Waals surface area contributed by atoms with Crippen molar-refractivity contribution >= 4 is 88.7 Å². The number of hydrogen-bond acceptors (Lipinski definition) is 19. The van der Waals surface area contributed by atoms with E-state index in [1.165, 1.54) is 84.6 Å². The third-order valence-corrected chi connectivity index (χ3v) is 12.4. The quantitative estimate of drug-likeness (QED) is 0.0389. The molecule has 34 nitrogen and oxygen atoms in total. The fourth-order valence-corrected chi connectivity index (χ4v) is 6.70. The van der Waals surface area contributed by atoms with Gasteiger partial charge in [0.2, 0.25) is 76.8 Å². The maximum atomic E-state index is 13.1. The summed E-state index contributed by atoms with van der Waals surface area (Å²) >= 11 is 0. The number of nitrogens with zero attached hydrogens (tertiary/aromatic N) is 12. The molecule has 34 heteroatoms. The smallest absolute Gasteiger partial charge is 0.320 e. The summed E-state index contributed by atoms with van der Waals surface area (Å²) in [5, 5.41) is 31.9. The normalized spacial score (nSPS) is 15.6. The molecule has 1 saturated heterocycles.